The van der Waals surface area contributed by atoms with Gasteiger partial charge < -0.3 is 5.11 Å². The summed E-state index contributed by atoms with van der Waals surface area (Å²) in [6.07, 6.45) is -0.177. The summed E-state index contributed by atoms with van der Waals surface area (Å²) in [6, 6.07) is 4.33. The molecule has 5 nitrogen and oxygen atoms in total. The molecule has 80 valence electrons. The number of hydrogen-bond acceptors (Lipinski definition) is 3. The number of nitrogens with one attached hydrogen (secondary N) is 1. The van der Waals surface area contributed by atoms with Crippen molar-refractivity contribution < 1.29 is 14.7 Å². The maximum atomic E-state index is 11.1. The summed E-state index contributed by atoms with van der Waals surface area (Å²) in [6.45, 7) is 0. The topological polar surface area (TPSA) is 92.4 Å². The molecule has 4 N–H and O–H groups in total. The molecule has 0 aliphatic rings. The zero-order chi connectivity index (χ0) is 11.4. The molecule has 1 aromatic carbocycles. The zero-order valence-corrected chi connectivity index (χ0v) is 8.41. The molecule has 15 heavy (non-hydrogen) atoms. The number of halogens is 1. The van der Waals surface area contributed by atoms with Gasteiger partial charge in [0.1, 0.15) is 0 Å². The first-order valence-electron chi connectivity index (χ1n) is 4.05. The standard InChI is InChI=1S/C9H9ClN2O3/c10-7-3-6(9(15)12-11)2-1-5(7)4-8(13)14/h1-3H,4,11H2,(H,12,15)(H,13,14). The molecule has 0 aliphatic heterocycles. The Morgan fingerprint density at radius 2 is 2.13 bits per heavy atom. The molecule has 0 atom stereocenters. The smallest absolute Gasteiger partial charge is 0.307 e. The quantitative estimate of drug-likeness (QED) is 0.401. The van der Waals surface area contributed by atoms with E-state index in [1.165, 1.54) is 18.2 Å². The molecular formula is C9H9ClN2O3. The number of hydrogen-bond donors (Lipinski definition) is 3. The minimum absolute atomic E-state index is 0.177. The van der Waals surface area contributed by atoms with Crippen molar-refractivity contribution in [3.05, 3.63) is 34.3 Å². The molecule has 0 spiro atoms. The lowest BCUT2D eigenvalue weighted by Crippen LogP contribution is -2.29. The van der Waals surface area contributed by atoms with Crippen molar-refractivity contribution in [1.82, 2.24) is 5.43 Å². The van der Waals surface area contributed by atoms with Gasteiger partial charge in [-0.15, -0.1) is 0 Å². The minimum atomic E-state index is -0.979. The van der Waals surface area contributed by atoms with Crippen LogP contribution in [0.25, 0.3) is 0 Å². The van der Waals surface area contributed by atoms with Crippen LogP contribution in [0.3, 0.4) is 0 Å². The van der Waals surface area contributed by atoms with E-state index in [-0.39, 0.29) is 17.0 Å². The van der Waals surface area contributed by atoms with Crippen molar-refractivity contribution >= 4 is 23.5 Å². The van der Waals surface area contributed by atoms with Gasteiger partial charge in [-0.2, -0.15) is 0 Å². The predicted octanol–water partition coefficient (Wildman–Crippen LogP) is 0.571. The van der Waals surface area contributed by atoms with Crippen molar-refractivity contribution in [2.75, 3.05) is 0 Å². The van der Waals surface area contributed by atoms with Crippen LogP contribution in [0.2, 0.25) is 5.02 Å². The Morgan fingerprint density at radius 1 is 1.47 bits per heavy atom. The molecule has 0 heterocycles. The monoisotopic (exact) mass is 228 g/mol. The van der Waals surface area contributed by atoms with Gasteiger partial charge in [-0.3, -0.25) is 15.0 Å². The average molecular weight is 229 g/mol. The number of rotatable bonds is 3. The van der Waals surface area contributed by atoms with E-state index in [1.54, 1.807) is 0 Å². The van der Waals surface area contributed by atoms with Crippen molar-refractivity contribution in [2.24, 2.45) is 5.84 Å². The van der Waals surface area contributed by atoms with Crippen molar-refractivity contribution in [1.29, 1.82) is 0 Å². The maximum absolute atomic E-state index is 11.1. The molecule has 1 rings (SSSR count). The number of benzene rings is 1. The summed E-state index contributed by atoms with van der Waals surface area (Å²) in [5.41, 5.74) is 2.70. The summed E-state index contributed by atoms with van der Waals surface area (Å²) in [7, 11) is 0. The van der Waals surface area contributed by atoms with E-state index in [9.17, 15) is 9.59 Å². The van der Waals surface area contributed by atoms with Crippen LogP contribution in [-0.4, -0.2) is 17.0 Å². The lowest BCUT2D eigenvalue weighted by molar-refractivity contribution is -0.136. The molecule has 0 aromatic heterocycles. The molecule has 0 fully saturated rings. The van der Waals surface area contributed by atoms with E-state index in [4.69, 9.17) is 22.6 Å². The molecule has 0 saturated carbocycles. The Hall–Kier alpha value is -1.59. The molecule has 1 aromatic rings. The summed E-state index contributed by atoms with van der Waals surface area (Å²) in [5, 5.41) is 8.79. The van der Waals surface area contributed by atoms with Crippen LogP contribution in [-0.2, 0) is 11.2 Å². The molecule has 6 heteroatoms. The Bertz CT molecular complexity index is 406. The van der Waals surface area contributed by atoms with Gasteiger partial charge in [0.25, 0.3) is 5.91 Å². The molecule has 1 amide bonds. The predicted molar refractivity (Wildman–Crippen MR) is 54.4 cm³/mol. The minimum Gasteiger partial charge on any atom is -0.481 e. The first kappa shape index (κ1) is 11.5. The Morgan fingerprint density at radius 3 is 2.60 bits per heavy atom. The molecule has 0 saturated heterocycles. The van der Waals surface area contributed by atoms with E-state index in [1.807, 2.05) is 5.43 Å². The number of aliphatic carboxylic acids is 1. The van der Waals surface area contributed by atoms with E-state index in [2.05, 4.69) is 0 Å². The first-order valence-corrected chi connectivity index (χ1v) is 4.43. The number of carboxylic acids is 1. The normalized spacial score (nSPS) is 9.73. The highest BCUT2D eigenvalue weighted by Crippen LogP contribution is 2.18. The van der Waals surface area contributed by atoms with E-state index in [0.29, 0.717) is 5.56 Å². The van der Waals surface area contributed by atoms with Gasteiger partial charge in [-0.05, 0) is 17.7 Å². The van der Waals surface area contributed by atoms with Gasteiger partial charge in [0.15, 0.2) is 0 Å². The fraction of sp³-hybridized carbons (Fsp3) is 0.111. The van der Waals surface area contributed by atoms with Gasteiger partial charge in [0.05, 0.1) is 6.42 Å². The molecule has 0 bridgehead atoms. The third-order valence-electron chi connectivity index (χ3n) is 1.79. The highest BCUT2D eigenvalue weighted by molar-refractivity contribution is 6.31. The highest BCUT2D eigenvalue weighted by atomic mass is 35.5. The average Bonchev–Trinajstić information content (AvgIpc) is 2.19. The number of nitrogens with two attached hydrogens (primary N) is 1. The molecule has 0 aliphatic carbocycles. The number of nitrogen functional groups attached to an aromatic ring is 1. The van der Waals surface area contributed by atoms with Gasteiger partial charge in [-0.25, -0.2) is 5.84 Å². The van der Waals surface area contributed by atoms with Crippen LogP contribution in [0.1, 0.15) is 15.9 Å². The lowest BCUT2D eigenvalue weighted by Gasteiger charge is -2.04. The van der Waals surface area contributed by atoms with E-state index >= 15 is 0 Å². The second-order valence-electron chi connectivity index (χ2n) is 2.85. The summed E-state index contributed by atoms with van der Waals surface area (Å²) >= 11 is 5.79. The third kappa shape index (κ3) is 2.93. The van der Waals surface area contributed by atoms with Crippen LogP contribution in [0.15, 0.2) is 18.2 Å². The van der Waals surface area contributed by atoms with Gasteiger partial charge in [0.2, 0.25) is 0 Å². The summed E-state index contributed by atoms with van der Waals surface area (Å²) in [5.74, 6) is 3.48. The van der Waals surface area contributed by atoms with Crippen LogP contribution in [0.4, 0.5) is 0 Å². The van der Waals surface area contributed by atoms with Gasteiger partial charge in [0, 0.05) is 10.6 Å². The Labute approximate surface area is 90.8 Å². The zero-order valence-electron chi connectivity index (χ0n) is 7.66. The number of hydrazine groups is 1. The third-order valence-corrected chi connectivity index (χ3v) is 2.14. The molecule has 0 unspecified atom stereocenters. The van der Waals surface area contributed by atoms with Crippen molar-refractivity contribution in [3.63, 3.8) is 0 Å². The number of amides is 1. The summed E-state index contributed by atoms with van der Waals surface area (Å²) < 4.78 is 0. The van der Waals surface area contributed by atoms with Crippen molar-refractivity contribution in [3.8, 4) is 0 Å². The lowest BCUT2D eigenvalue weighted by atomic mass is 10.1. The van der Waals surface area contributed by atoms with Crippen LogP contribution in [0.5, 0.6) is 0 Å². The molecular weight excluding hydrogens is 220 g/mol. The van der Waals surface area contributed by atoms with Crippen LogP contribution < -0.4 is 11.3 Å². The number of carbonyl (C=O) groups excluding carboxylic acids is 1. The fourth-order valence-electron chi connectivity index (χ4n) is 1.08. The second kappa shape index (κ2) is 4.77. The Kier molecular flexibility index (Phi) is 3.65. The van der Waals surface area contributed by atoms with Gasteiger partial charge in [-0.1, -0.05) is 17.7 Å². The maximum Gasteiger partial charge on any atom is 0.307 e. The fourth-order valence-corrected chi connectivity index (χ4v) is 1.33. The Balaban J connectivity index is 2.97. The van der Waals surface area contributed by atoms with Crippen LogP contribution in [0, 0.1) is 0 Å². The largest absolute Gasteiger partial charge is 0.481 e. The molecule has 0 radical (unpaired) electrons. The van der Waals surface area contributed by atoms with Gasteiger partial charge >= 0.3 is 5.97 Å². The highest BCUT2D eigenvalue weighted by Gasteiger charge is 2.09. The SMILES string of the molecule is NNC(=O)c1ccc(CC(=O)O)c(Cl)c1. The second-order valence-corrected chi connectivity index (χ2v) is 3.26. The van der Waals surface area contributed by atoms with E-state index in [0.717, 1.165) is 0 Å². The summed E-state index contributed by atoms with van der Waals surface area (Å²) in [4.78, 5) is 21.5. The van der Waals surface area contributed by atoms with Crippen molar-refractivity contribution in [2.45, 2.75) is 6.42 Å². The van der Waals surface area contributed by atoms with E-state index < -0.39 is 11.9 Å². The number of carbonyl (C=O) groups is 2. The first-order chi connectivity index (χ1) is 7.04. The number of carboxylic acid groups (broad SMARTS) is 1. The van der Waals surface area contributed by atoms with Crippen LogP contribution >= 0.6 is 11.6 Å².